The van der Waals surface area contributed by atoms with E-state index in [-0.39, 0.29) is 0 Å². The zero-order chi connectivity index (χ0) is 11.9. The minimum absolute atomic E-state index is 0.346. The summed E-state index contributed by atoms with van der Waals surface area (Å²) in [6.45, 7) is 2.13. The zero-order valence-electron chi connectivity index (χ0n) is 9.95. The van der Waals surface area contributed by atoms with Crippen LogP contribution in [0.25, 0.3) is 0 Å². The van der Waals surface area contributed by atoms with Gasteiger partial charge < -0.3 is 9.64 Å². The fraction of sp³-hybridized carbons (Fsp3) is 0.667. The van der Waals surface area contributed by atoms with Crippen LogP contribution in [0.5, 0.6) is 6.01 Å². The molecule has 0 bridgehead atoms. The molecule has 1 aromatic heterocycles. The molecule has 0 N–H and O–H groups in total. The summed E-state index contributed by atoms with van der Waals surface area (Å²) in [5, 5.41) is 0.443. The Labute approximate surface area is 106 Å². The van der Waals surface area contributed by atoms with Crippen LogP contribution in [0.3, 0.4) is 0 Å². The van der Waals surface area contributed by atoms with Gasteiger partial charge in [-0.05, 0) is 31.1 Å². The monoisotopic (exact) mass is 253 g/mol. The lowest BCUT2D eigenvalue weighted by atomic mass is 9.94. The van der Waals surface area contributed by atoms with Gasteiger partial charge in [0.1, 0.15) is 11.0 Å². The maximum absolute atomic E-state index is 5.96. The molecule has 5 heteroatoms. The predicted octanol–water partition coefficient (Wildman–Crippen LogP) is 2.52. The van der Waals surface area contributed by atoms with Crippen LogP contribution < -0.4 is 9.64 Å². The Hall–Kier alpha value is -1.03. The molecule has 1 aliphatic carbocycles. The van der Waals surface area contributed by atoms with Crippen molar-refractivity contribution < 1.29 is 4.74 Å². The van der Waals surface area contributed by atoms with Crippen molar-refractivity contribution in [1.82, 2.24) is 9.97 Å². The molecule has 0 atom stereocenters. The van der Waals surface area contributed by atoms with Gasteiger partial charge in [0, 0.05) is 19.2 Å². The molecule has 0 unspecified atom stereocenters. The normalized spacial score (nSPS) is 21.6. The van der Waals surface area contributed by atoms with Crippen molar-refractivity contribution in [3.8, 4) is 6.01 Å². The Kier molecular flexibility index (Phi) is 2.62. The molecule has 4 nitrogen and oxygen atoms in total. The van der Waals surface area contributed by atoms with E-state index in [0.29, 0.717) is 16.6 Å². The molecule has 0 aromatic carbocycles. The van der Waals surface area contributed by atoms with Crippen molar-refractivity contribution in [2.75, 3.05) is 25.1 Å². The van der Waals surface area contributed by atoms with Gasteiger partial charge >= 0.3 is 6.01 Å². The minimum atomic E-state index is 0.346. The summed E-state index contributed by atoms with van der Waals surface area (Å²) in [7, 11) is 1.56. The van der Waals surface area contributed by atoms with E-state index in [9.17, 15) is 0 Å². The molecule has 0 radical (unpaired) electrons. The molecule has 0 amide bonds. The number of piperidine rings is 1. The smallest absolute Gasteiger partial charge is 0.319 e. The van der Waals surface area contributed by atoms with Crippen molar-refractivity contribution in [2.45, 2.75) is 25.7 Å². The van der Waals surface area contributed by atoms with Crippen molar-refractivity contribution >= 4 is 17.4 Å². The summed E-state index contributed by atoms with van der Waals surface area (Å²) in [5.74, 6) is 0.886. The summed E-state index contributed by atoms with van der Waals surface area (Å²) in [6, 6.07) is 2.16. The maximum atomic E-state index is 5.96. The zero-order valence-corrected chi connectivity index (χ0v) is 10.7. The summed E-state index contributed by atoms with van der Waals surface area (Å²) < 4.78 is 5.05. The number of nitrogens with zero attached hydrogens (tertiary/aromatic N) is 3. The molecule has 2 aliphatic rings. The first kappa shape index (κ1) is 11.1. The third-order valence-corrected chi connectivity index (χ3v) is 4.14. The Bertz CT molecular complexity index is 424. The summed E-state index contributed by atoms with van der Waals surface area (Å²) in [4.78, 5) is 10.6. The molecule has 17 heavy (non-hydrogen) atoms. The molecule has 1 aliphatic heterocycles. The average molecular weight is 254 g/mol. The van der Waals surface area contributed by atoms with Crippen LogP contribution in [-0.2, 0) is 0 Å². The van der Waals surface area contributed by atoms with Gasteiger partial charge in [-0.25, -0.2) is 0 Å². The number of methoxy groups -OCH3 is 1. The van der Waals surface area contributed by atoms with E-state index in [1.807, 2.05) is 6.07 Å². The Morgan fingerprint density at radius 1 is 1.24 bits per heavy atom. The highest BCUT2D eigenvalue weighted by molar-refractivity contribution is 6.29. The molecule has 2 heterocycles. The number of hydrogen-bond acceptors (Lipinski definition) is 4. The topological polar surface area (TPSA) is 38.2 Å². The SMILES string of the molecule is COc1nc(Cl)cc(N2CCC3(CC2)CC3)n1. The number of aromatic nitrogens is 2. The second kappa shape index (κ2) is 4.02. The van der Waals surface area contributed by atoms with Crippen molar-refractivity contribution in [1.29, 1.82) is 0 Å². The highest BCUT2D eigenvalue weighted by atomic mass is 35.5. The molecule has 1 saturated carbocycles. The number of hydrogen-bond donors (Lipinski definition) is 0. The van der Waals surface area contributed by atoms with Gasteiger partial charge in [-0.15, -0.1) is 0 Å². The maximum Gasteiger partial charge on any atom is 0.319 e. The number of ether oxygens (including phenoxy) is 1. The summed E-state index contributed by atoms with van der Waals surface area (Å²) in [5.41, 5.74) is 0.678. The second-order valence-corrected chi connectivity index (χ2v) is 5.41. The predicted molar refractivity (Wildman–Crippen MR) is 66.7 cm³/mol. The van der Waals surface area contributed by atoms with Crippen LogP contribution in [0.2, 0.25) is 5.15 Å². The quantitative estimate of drug-likeness (QED) is 0.759. The van der Waals surface area contributed by atoms with Crippen molar-refractivity contribution in [3.63, 3.8) is 0 Å². The van der Waals surface area contributed by atoms with Gasteiger partial charge in [0.05, 0.1) is 7.11 Å². The lowest BCUT2D eigenvalue weighted by Gasteiger charge is -2.32. The first-order valence-electron chi connectivity index (χ1n) is 6.04. The lowest BCUT2D eigenvalue weighted by Crippen LogP contribution is -2.35. The van der Waals surface area contributed by atoms with Crippen LogP contribution in [0.15, 0.2) is 6.07 Å². The van der Waals surface area contributed by atoms with Crippen molar-refractivity contribution in [3.05, 3.63) is 11.2 Å². The highest BCUT2D eigenvalue weighted by Crippen LogP contribution is 2.53. The largest absolute Gasteiger partial charge is 0.467 e. The number of rotatable bonds is 2. The molecule has 1 spiro atoms. The first-order chi connectivity index (χ1) is 8.21. The van der Waals surface area contributed by atoms with E-state index in [4.69, 9.17) is 16.3 Å². The van der Waals surface area contributed by atoms with Crippen LogP contribution in [0.4, 0.5) is 5.82 Å². The average Bonchev–Trinajstić information content (AvgIpc) is 3.09. The molecular formula is C12H16ClN3O. The van der Waals surface area contributed by atoms with Crippen LogP contribution >= 0.6 is 11.6 Å². The fourth-order valence-corrected chi connectivity index (χ4v) is 2.70. The molecule has 1 saturated heterocycles. The standard InChI is InChI=1S/C12H16ClN3O/c1-17-11-14-9(13)8-10(15-11)16-6-4-12(2-3-12)5-7-16/h8H,2-7H2,1H3. The minimum Gasteiger partial charge on any atom is -0.467 e. The van der Waals surface area contributed by atoms with Gasteiger partial charge in [-0.3, -0.25) is 0 Å². The second-order valence-electron chi connectivity index (χ2n) is 5.02. The Balaban J connectivity index is 1.77. The van der Waals surface area contributed by atoms with Crippen LogP contribution in [0, 0.1) is 5.41 Å². The third kappa shape index (κ3) is 2.18. The number of anilines is 1. The van der Waals surface area contributed by atoms with Crippen LogP contribution in [-0.4, -0.2) is 30.2 Å². The van der Waals surface area contributed by atoms with E-state index in [0.717, 1.165) is 18.9 Å². The van der Waals surface area contributed by atoms with Gasteiger partial charge in [-0.2, -0.15) is 9.97 Å². The van der Waals surface area contributed by atoms with E-state index < -0.39 is 0 Å². The Morgan fingerprint density at radius 2 is 1.94 bits per heavy atom. The summed E-state index contributed by atoms with van der Waals surface area (Å²) in [6.07, 6.45) is 5.37. The van der Waals surface area contributed by atoms with Gasteiger partial charge in [0.25, 0.3) is 0 Å². The third-order valence-electron chi connectivity index (χ3n) is 3.95. The van der Waals surface area contributed by atoms with E-state index in [1.165, 1.54) is 25.7 Å². The highest BCUT2D eigenvalue weighted by Gasteiger charge is 2.44. The molecule has 1 aromatic rings. The molecular weight excluding hydrogens is 238 g/mol. The van der Waals surface area contributed by atoms with E-state index in [2.05, 4.69) is 14.9 Å². The van der Waals surface area contributed by atoms with Gasteiger partial charge in [-0.1, -0.05) is 11.6 Å². The van der Waals surface area contributed by atoms with Gasteiger partial charge in [0.2, 0.25) is 0 Å². The van der Waals surface area contributed by atoms with Crippen molar-refractivity contribution in [2.24, 2.45) is 5.41 Å². The Morgan fingerprint density at radius 3 is 2.53 bits per heavy atom. The molecule has 2 fully saturated rings. The van der Waals surface area contributed by atoms with E-state index in [1.54, 1.807) is 7.11 Å². The lowest BCUT2D eigenvalue weighted by molar-refractivity contribution is 0.370. The first-order valence-corrected chi connectivity index (χ1v) is 6.42. The van der Waals surface area contributed by atoms with E-state index >= 15 is 0 Å². The number of halogens is 1. The van der Waals surface area contributed by atoms with Crippen LogP contribution in [0.1, 0.15) is 25.7 Å². The summed E-state index contributed by atoms with van der Waals surface area (Å²) >= 11 is 5.96. The fourth-order valence-electron chi connectivity index (χ4n) is 2.53. The van der Waals surface area contributed by atoms with Gasteiger partial charge in [0.15, 0.2) is 0 Å². The molecule has 92 valence electrons. The molecule has 3 rings (SSSR count).